The molecular formula is C18H19ClN2O5. The lowest BCUT2D eigenvalue weighted by Crippen LogP contribution is -2.32. The van der Waals surface area contributed by atoms with E-state index in [2.05, 4.69) is 5.32 Å². The molecule has 0 spiro atoms. The number of nitro groups is 1. The van der Waals surface area contributed by atoms with Crippen LogP contribution in [-0.4, -0.2) is 30.6 Å². The van der Waals surface area contributed by atoms with E-state index in [1.165, 1.54) is 18.2 Å². The molecule has 0 saturated carbocycles. The average Bonchev–Trinajstić information content (AvgIpc) is 2.59. The molecule has 0 aliphatic rings. The highest BCUT2D eigenvalue weighted by Crippen LogP contribution is 2.29. The Morgan fingerprint density at radius 3 is 2.58 bits per heavy atom. The molecular weight excluding hydrogens is 360 g/mol. The minimum Gasteiger partial charge on any atom is -0.491 e. The summed E-state index contributed by atoms with van der Waals surface area (Å²) in [4.78, 5) is 22.1. The van der Waals surface area contributed by atoms with Gasteiger partial charge in [-0.2, -0.15) is 0 Å². The first-order valence-electron chi connectivity index (χ1n) is 7.90. The van der Waals surface area contributed by atoms with Crippen molar-refractivity contribution in [3.05, 3.63) is 62.7 Å². The maximum absolute atomic E-state index is 11.8. The van der Waals surface area contributed by atoms with E-state index in [0.29, 0.717) is 6.61 Å². The Kier molecular flexibility index (Phi) is 6.80. The van der Waals surface area contributed by atoms with Crippen molar-refractivity contribution in [2.75, 3.05) is 19.8 Å². The van der Waals surface area contributed by atoms with Crippen LogP contribution in [0.1, 0.15) is 11.1 Å². The van der Waals surface area contributed by atoms with E-state index >= 15 is 0 Å². The number of aryl methyl sites for hydroxylation is 2. The maximum atomic E-state index is 11.8. The Labute approximate surface area is 156 Å². The normalized spacial score (nSPS) is 10.3. The SMILES string of the molecule is Cc1ccc(OCCNC(=O)COc2ccc(Cl)cc2[N+](=O)[O-])c(C)c1. The third kappa shape index (κ3) is 5.63. The molecule has 1 amide bonds. The molecule has 0 fully saturated rings. The Bertz CT molecular complexity index is 810. The van der Waals surface area contributed by atoms with E-state index in [9.17, 15) is 14.9 Å². The van der Waals surface area contributed by atoms with Crippen LogP contribution in [0.2, 0.25) is 5.02 Å². The zero-order valence-corrected chi connectivity index (χ0v) is 15.2. The molecule has 0 radical (unpaired) electrons. The first-order valence-corrected chi connectivity index (χ1v) is 8.28. The molecule has 2 rings (SSSR count). The Morgan fingerprint density at radius 1 is 1.15 bits per heavy atom. The van der Waals surface area contributed by atoms with Gasteiger partial charge in [0, 0.05) is 11.1 Å². The topological polar surface area (TPSA) is 90.7 Å². The highest BCUT2D eigenvalue weighted by Gasteiger charge is 2.16. The van der Waals surface area contributed by atoms with Gasteiger partial charge in [0.2, 0.25) is 0 Å². The third-order valence-electron chi connectivity index (χ3n) is 3.49. The molecule has 8 heteroatoms. The van der Waals surface area contributed by atoms with Gasteiger partial charge in [-0.05, 0) is 37.6 Å². The van der Waals surface area contributed by atoms with Crippen molar-refractivity contribution in [1.82, 2.24) is 5.32 Å². The number of nitrogens with one attached hydrogen (secondary N) is 1. The number of halogens is 1. The van der Waals surface area contributed by atoms with Crippen molar-refractivity contribution >= 4 is 23.2 Å². The van der Waals surface area contributed by atoms with E-state index in [-0.39, 0.29) is 29.6 Å². The lowest BCUT2D eigenvalue weighted by molar-refractivity contribution is -0.385. The van der Waals surface area contributed by atoms with E-state index in [0.717, 1.165) is 16.9 Å². The third-order valence-corrected chi connectivity index (χ3v) is 3.72. The molecule has 0 heterocycles. The van der Waals surface area contributed by atoms with Crippen LogP contribution in [0.15, 0.2) is 36.4 Å². The molecule has 1 N–H and O–H groups in total. The Morgan fingerprint density at radius 2 is 1.88 bits per heavy atom. The zero-order valence-electron chi connectivity index (χ0n) is 14.5. The van der Waals surface area contributed by atoms with Crippen LogP contribution in [0.4, 0.5) is 5.69 Å². The molecule has 0 bridgehead atoms. The van der Waals surface area contributed by atoms with Gasteiger partial charge in [-0.25, -0.2) is 0 Å². The zero-order chi connectivity index (χ0) is 19.1. The van der Waals surface area contributed by atoms with Crippen molar-refractivity contribution in [1.29, 1.82) is 0 Å². The largest absolute Gasteiger partial charge is 0.491 e. The fourth-order valence-corrected chi connectivity index (χ4v) is 2.43. The van der Waals surface area contributed by atoms with Crippen LogP contribution >= 0.6 is 11.6 Å². The molecule has 2 aromatic rings. The monoisotopic (exact) mass is 378 g/mol. The summed E-state index contributed by atoms with van der Waals surface area (Å²) < 4.78 is 10.8. The van der Waals surface area contributed by atoms with Gasteiger partial charge in [-0.3, -0.25) is 14.9 Å². The van der Waals surface area contributed by atoms with E-state index in [1.54, 1.807) is 0 Å². The number of hydrogen-bond acceptors (Lipinski definition) is 5. The summed E-state index contributed by atoms with van der Waals surface area (Å²) in [7, 11) is 0. The highest BCUT2D eigenvalue weighted by atomic mass is 35.5. The molecule has 138 valence electrons. The summed E-state index contributed by atoms with van der Waals surface area (Å²) in [6.45, 7) is 4.21. The van der Waals surface area contributed by atoms with E-state index < -0.39 is 10.8 Å². The quantitative estimate of drug-likeness (QED) is 0.431. The van der Waals surface area contributed by atoms with Gasteiger partial charge in [0.1, 0.15) is 12.4 Å². The fraction of sp³-hybridized carbons (Fsp3) is 0.278. The summed E-state index contributed by atoms with van der Waals surface area (Å²) in [6, 6.07) is 9.84. The van der Waals surface area contributed by atoms with Crippen LogP contribution in [-0.2, 0) is 4.79 Å². The Hall–Kier alpha value is -2.80. The average molecular weight is 379 g/mol. The van der Waals surface area contributed by atoms with E-state index in [4.69, 9.17) is 21.1 Å². The van der Waals surface area contributed by atoms with Gasteiger partial charge in [-0.15, -0.1) is 0 Å². The van der Waals surface area contributed by atoms with Gasteiger partial charge in [0.15, 0.2) is 12.4 Å². The lowest BCUT2D eigenvalue weighted by atomic mass is 10.1. The van der Waals surface area contributed by atoms with Crippen molar-refractivity contribution in [3.63, 3.8) is 0 Å². The maximum Gasteiger partial charge on any atom is 0.312 e. The summed E-state index contributed by atoms with van der Waals surface area (Å²) in [5, 5.41) is 13.8. The molecule has 0 aromatic heterocycles. The molecule has 0 saturated heterocycles. The summed E-state index contributed by atoms with van der Waals surface area (Å²) in [5.74, 6) is 0.345. The number of hydrogen-bond donors (Lipinski definition) is 1. The predicted octanol–water partition coefficient (Wildman–Crippen LogP) is 3.44. The summed E-state index contributed by atoms with van der Waals surface area (Å²) in [5.41, 5.74) is 1.88. The van der Waals surface area contributed by atoms with Crippen molar-refractivity contribution in [3.8, 4) is 11.5 Å². The number of amides is 1. The highest BCUT2D eigenvalue weighted by molar-refractivity contribution is 6.30. The van der Waals surface area contributed by atoms with Gasteiger partial charge in [0.05, 0.1) is 11.5 Å². The molecule has 2 aromatic carbocycles. The first kappa shape index (κ1) is 19.5. The van der Waals surface area contributed by atoms with Crippen LogP contribution < -0.4 is 14.8 Å². The molecule has 7 nitrogen and oxygen atoms in total. The van der Waals surface area contributed by atoms with Crippen LogP contribution in [0, 0.1) is 24.0 Å². The summed E-state index contributed by atoms with van der Waals surface area (Å²) >= 11 is 5.73. The molecule has 0 atom stereocenters. The Balaban J connectivity index is 1.77. The smallest absolute Gasteiger partial charge is 0.312 e. The number of rotatable bonds is 8. The lowest BCUT2D eigenvalue weighted by Gasteiger charge is -2.11. The number of benzene rings is 2. The first-order chi connectivity index (χ1) is 12.4. The molecule has 0 unspecified atom stereocenters. The second kappa shape index (κ2) is 9.05. The van der Waals surface area contributed by atoms with Crippen LogP contribution in [0.25, 0.3) is 0 Å². The number of nitrogens with zero attached hydrogens (tertiary/aromatic N) is 1. The fourth-order valence-electron chi connectivity index (χ4n) is 2.26. The number of ether oxygens (including phenoxy) is 2. The molecule has 26 heavy (non-hydrogen) atoms. The molecule has 0 aliphatic carbocycles. The second-order valence-electron chi connectivity index (χ2n) is 5.63. The predicted molar refractivity (Wildman–Crippen MR) is 98.0 cm³/mol. The van der Waals surface area contributed by atoms with Crippen LogP contribution in [0.5, 0.6) is 11.5 Å². The number of carbonyl (C=O) groups excluding carboxylic acids is 1. The van der Waals surface area contributed by atoms with Gasteiger partial charge in [-0.1, -0.05) is 29.3 Å². The minimum absolute atomic E-state index is 0.0129. The van der Waals surface area contributed by atoms with Gasteiger partial charge >= 0.3 is 5.69 Å². The number of nitro benzene ring substituents is 1. The summed E-state index contributed by atoms with van der Waals surface area (Å²) in [6.07, 6.45) is 0. The minimum atomic E-state index is -0.614. The van der Waals surface area contributed by atoms with Gasteiger partial charge < -0.3 is 14.8 Å². The van der Waals surface area contributed by atoms with Crippen molar-refractivity contribution in [2.45, 2.75) is 13.8 Å². The van der Waals surface area contributed by atoms with Crippen LogP contribution in [0.3, 0.4) is 0 Å². The second-order valence-corrected chi connectivity index (χ2v) is 6.06. The van der Waals surface area contributed by atoms with E-state index in [1.807, 2.05) is 32.0 Å². The number of carbonyl (C=O) groups is 1. The van der Waals surface area contributed by atoms with Crippen molar-refractivity contribution < 1.29 is 19.2 Å². The standard InChI is InChI=1S/C18H19ClN2O5/c1-12-3-5-16(13(2)9-12)25-8-7-20-18(22)11-26-17-6-4-14(19)10-15(17)21(23)24/h3-6,9-10H,7-8,11H2,1-2H3,(H,20,22). The van der Waals surface area contributed by atoms with Crippen molar-refractivity contribution in [2.24, 2.45) is 0 Å². The van der Waals surface area contributed by atoms with Gasteiger partial charge in [0.25, 0.3) is 5.91 Å². The molecule has 0 aliphatic heterocycles.